The summed E-state index contributed by atoms with van der Waals surface area (Å²) in [5.41, 5.74) is 6.00. The number of aliphatic hydroxyl groups is 1. The van der Waals surface area contributed by atoms with E-state index in [0.717, 1.165) is 26.1 Å². The van der Waals surface area contributed by atoms with Gasteiger partial charge in [0.2, 0.25) is 0 Å². The Labute approximate surface area is 80.3 Å². The van der Waals surface area contributed by atoms with Gasteiger partial charge in [0, 0.05) is 19.3 Å². The van der Waals surface area contributed by atoms with E-state index in [9.17, 15) is 0 Å². The van der Waals surface area contributed by atoms with E-state index in [2.05, 4.69) is 6.92 Å². The Morgan fingerprint density at radius 2 is 2.38 bits per heavy atom. The summed E-state index contributed by atoms with van der Waals surface area (Å²) in [5, 5.41) is 9.01. The predicted molar refractivity (Wildman–Crippen MR) is 52.4 cm³/mol. The average molecular weight is 187 g/mol. The molecule has 0 aliphatic carbocycles. The van der Waals surface area contributed by atoms with Crippen LogP contribution in [-0.4, -0.2) is 31.0 Å². The quantitative estimate of drug-likeness (QED) is 0.683. The molecule has 78 valence electrons. The maximum atomic E-state index is 9.01. The van der Waals surface area contributed by atoms with Crippen molar-refractivity contribution >= 4 is 0 Å². The molecule has 1 aliphatic heterocycles. The Balaban J connectivity index is 2.64. The van der Waals surface area contributed by atoms with Crippen LogP contribution in [0.1, 0.15) is 26.7 Å². The molecule has 0 aromatic rings. The second-order valence-electron chi connectivity index (χ2n) is 4.33. The number of rotatable bonds is 4. The lowest BCUT2D eigenvalue weighted by Gasteiger charge is -2.38. The lowest BCUT2D eigenvalue weighted by atomic mass is 9.69. The number of hydrogen-bond acceptors (Lipinski definition) is 3. The molecule has 1 aliphatic rings. The third-order valence-electron chi connectivity index (χ3n) is 3.55. The van der Waals surface area contributed by atoms with Gasteiger partial charge in [-0.15, -0.1) is 0 Å². The van der Waals surface area contributed by atoms with Gasteiger partial charge in [0.15, 0.2) is 0 Å². The normalized spacial score (nSPS) is 30.0. The van der Waals surface area contributed by atoms with Gasteiger partial charge >= 0.3 is 0 Å². The monoisotopic (exact) mass is 187 g/mol. The van der Waals surface area contributed by atoms with Gasteiger partial charge in [0.1, 0.15) is 0 Å². The van der Waals surface area contributed by atoms with Crippen LogP contribution in [0, 0.1) is 11.3 Å². The summed E-state index contributed by atoms with van der Waals surface area (Å²) in [7, 11) is 0. The van der Waals surface area contributed by atoms with E-state index < -0.39 is 0 Å². The standard InChI is InChI=1S/C10H21NO2/c1-8(11)10(2,4-5-12)9-3-6-13-7-9/h8-9,12H,3-7,11H2,1-2H3. The Bertz CT molecular complexity index is 155. The summed E-state index contributed by atoms with van der Waals surface area (Å²) in [6.07, 6.45) is 1.86. The van der Waals surface area contributed by atoms with Gasteiger partial charge < -0.3 is 15.6 Å². The van der Waals surface area contributed by atoms with Crippen molar-refractivity contribution in [1.29, 1.82) is 0 Å². The van der Waals surface area contributed by atoms with Gasteiger partial charge in [-0.3, -0.25) is 0 Å². The van der Waals surface area contributed by atoms with E-state index in [0.29, 0.717) is 5.92 Å². The van der Waals surface area contributed by atoms with E-state index in [4.69, 9.17) is 15.6 Å². The van der Waals surface area contributed by atoms with Gasteiger partial charge in [-0.2, -0.15) is 0 Å². The fourth-order valence-electron chi connectivity index (χ4n) is 2.10. The molecule has 1 fully saturated rings. The molecule has 1 saturated heterocycles. The lowest BCUT2D eigenvalue weighted by Crippen LogP contribution is -2.44. The van der Waals surface area contributed by atoms with E-state index in [1.807, 2.05) is 6.92 Å². The Hall–Kier alpha value is -0.120. The molecule has 3 nitrogen and oxygen atoms in total. The molecular formula is C10H21NO2. The van der Waals surface area contributed by atoms with Crippen LogP contribution in [0.5, 0.6) is 0 Å². The summed E-state index contributed by atoms with van der Waals surface area (Å²) >= 11 is 0. The third-order valence-corrected chi connectivity index (χ3v) is 3.55. The van der Waals surface area contributed by atoms with Crippen LogP contribution in [0.25, 0.3) is 0 Å². The van der Waals surface area contributed by atoms with Crippen LogP contribution in [-0.2, 0) is 4.74 Å². The van der Waals surface area contributed by atoms with E-state index in [1.165, 1.54) is 0 Å². The zero-order valence-corrected chi connectivity index (χ0v) is 8.62. The van der Waals surface area contributed by atoms with E-state index in [1.54, 1.807) is 0 Å². The maximum Gasteiger partial charge on any atom is 0.0500 e. The SMILES string of the molecule is CC(N)C(C)(CCO)C1CCOC1. The van der Waals surface area contributed by atoms with Gasteiger partial charge in [-0.1, -0.05) is 6.92 Å². The highest BCUT2D eigenvalue weighted by Gasteiger charge is 2.38. The predicted octanol–water partition coefficient (Wildman–Crippen LogP) is 0.759. The third kappa shape index (κ3) is 2.22. The summed E-state index contributed by atoms with van der Waals surface area (Å²) in [6.45, 7) is 6.05. The zero-order chi connectivity index (χ0) is 9.90. The Morgan fingerprint density at radius 1 is 1.69 bits per heavy atom. The van der Waals surface area contributed by atoms with Crippen LogP contribution < -0.4 is 5.73 Å². The van der Waals surface area contributed by atoms with Crippen molar-refractivity contribution in [3.63, 3.8) is 0 Å². The van der Waals surface area contributed by atoms with E-state index in [-0.39, 0.29) is 18.1 Å². The minimum Gasteiger partial charge on any atom is -0.396 e. The number of hydrogen-bond donors (Lipinski definition) is 2. The lowest BCUT2D eigenvalue weighted by molar-refractivity contribution is 0.0832. The van der Waals surface area contributed by atoms with Crippen LogP contribution in [0.15, 0.2) is 0 Å². The molecule has 1 rings (SSSR count). The largest absolute Gasteiger partial charge is 0.396 e. The highest BCUT2D eigenvalue weighted by Crippen LogP contribution is 2.38. The molecule has 0 radical (unpaired) electrons. The molecule has 0 saturated carbocycles. The topological polar surface area (TPSA) is 55.5 Å². The van der Waals surface area contributed by atoms with Crippen molar-refractivity contribution in [2.24, 2.45) is 17.1 Å². The molecular weight excluding hydrogens is 166 g/mol. The van der Waals surface area contributed by atoms with Crippen molar-refractivity contribution in [1.82, 2.24) is 0 Å². The molecule has 0 spiro atoms. The molecule has 3 N–H and O–H groups in total. The number of ether oxygens (including phenoxy) is 1. The minimum atomic E-state index is 0.0330. The molecule has 13 heavy (non-hydrogen) atoms. The van der Waals surface area contributed by atoms with Gasteiger partial charge in [-0.25, -0.2) is 0 Å². The fraction of sp³-hybridized carbons (Fsp3) is 1.00. The first-order valence-corrected chi connectivity index (χ1v) is 5.05. The smallest absolute Gasteiger partial charge is 0.0500 e. The molecule has 0 aromatic carbocycles. The maximum absolute atomic E-state index is 9.01. The second kappa shape index (κ2) is 4.40. The van der Waals surface area contributed by atoms with Gasteiger partial charge in [0.05, 0.1) is 6.61 Å². The Morgan fingerprint density at radius 3 is 2.77 bits per heavy atom. The minimum absolute atomic E-state index is 0.0330. The molecule has 3 atom stereocenters. The molecule has 1 heterocycles. The van der Waals surface area contributed by atoms with Crippen LogP contribution in [0.3, 0.4) is 0 Å². The Kier molecular flexibility index (Phi) is 3.71. The van der Waals surface area contributed by atoms with Crippen molar-refractivity contribution in [2.45, 2.75) is 32.7 Å². The number of nitrogens with two attached hydrogens (primary N) is 1. The highest BCUT2D eigenvalue weighted by atomic mass is 16.5. The molecule has 3 unspecified atom stereocenters. The first kappa shape index (κ1) is 11.0. The molecule has 0 aromatic heterocycles. The van der Waals surface area contributed by atoms with Crippen molar-refractivity contribution in [3.05, 3.63) is 0 Å². The summed E-state index contributed by atoms with van der Waals surface area (Å²) < 4.78 is 5.36. The summed E-state index contributed by atoms with van der Waals surface area (Å²) in [5.74, 6) is 0.514. The van der Waals surface area contributed by atoms with Crippen LogP contribution in [0.4, 0.5) is 0 Å². The first-order chi connectivity index (χ1) is 6.11. The molecule has 3 heteroatoms. The van der Waals surface area contributed by atoms with E-state index >= 15 is 0 Å². The molecule has 0 amide bonds. The summed E-state index contributed by atoms with van der Waals surface area (Å²) in [4.78, 5) is 0. The van der Waals surface area contributed by atoms with Gasteiger partial charge in [-0.05, 0) is 31.1 Å². The molecule has 0 bridgehead atoms. The second-order valence-corrected chi connectivity index (χ2v) is 4.33. The average Bonchev–Trinajstić information content (AvgIpc) is 2.56. The van der Waals surface area contributed by atoms with Crippen molar-refractivity contribution in [3.8, 4) is 0 Å². The van der Waals surface area contributed by atoms with Crippen molar-refractivity contribution in [2.75, 3.05) is 19.8 Å². The first-order valence-electron chi connectivity index (χ1n) is 5.05. The van der Waals surface area contributed by atoms with Crippen LogP contribution >= 0.6 is 0 Å². The number of aliphatic hydroxyl groups excluding tert-OH is 1. The fourth-order valence-corrected chi connectivity index (χ4v) is 2.10. The zero-order valence-electron chi connectivity index (χ0n) is 8.62. The van der Waals surface area contributed by atoms with Gasteiger partial charge in [0.25, 0.3) is 0 Å². The summed E-state index contributed by atoms with van der Waals surface area (Å²) in [6, 6.07) is 0.117. The van der Waals surface area contributed by atoms with Crippen molar-refractivity contribution < 1.29 is 9.84 Å². The highest BCUT2D eigenvalue weighted by molar-refractivity contribution is 4.90. The van der Waals surface area contributed by atoms with Crippen LogP contribution in [0.2, 0.25) is 0 Å².